The molecular weight excluding hydrogens is 567 g/mol. The van der Waals surface area contributed by atoms with Gasteiger partial charge in [-0.15, -0.1) is 11.3 Å². The zero-order chi connectivity index (χ0) is 29.5. The van der Waals surface area contributed by atoms with E-state index in [-0.39, 0.29) is 6.09 Å². The first-order valence-electron chi connectivity index (χ1n) is 13.8. The van der Waals surface area contributed by atoms with Crippen LogP contribution >= 0.6 is 23.1 Å². The number of thiazole rings is 1. The minimum absolute atomic E-state index is 0.233. The number of rotatable bonds is 8. The second-order valence-electron chi connectivity index (χ2n) is 11.1. The molecule has 0 bridgehead atoms. The summed E-state index contributed by atoms with van der Waals surface area (Å²) in [5, 5.41) is 15.3. The van der Waals surface area contributed by atoms with Crippen LogP contribution < -0.4 is 10.1 Å². The molecule has 2 aromatic carbocycles. The molecular formula is C32H33N5O3S2. The number of para-hydroxylation sites is 1. The van der Waals surface area contributed by atoms with Crippen LogP contribution in [-0.4, -0.2) is 39.7 Å². The van der Waals surface area contributed by atoms with Gasteiger partial charge in [0.2, 0.25) is 0 Å². The lowest BCUT2D eigenvalue weighted by atomic mass is 9.93. The molecule has 0 spiro atoms. The van der Waals surface area contributed by atoms with Crippen molar-refractivity contribution in [3.63, 3.8) is 0 Å². The molecule has 1 N–H and O–H groups in total. The summed E-state index contributed by atoms with van der Waals surface area (Å²) in [6.07, 6.45) is 4.28. The van der Waals surface area contributed by atoms with Gasteiger partial charge in [-0.3, -0.25) is 0 Å². The molecule has 1 aliphatic rings. The third kappa shape index (κ3) is 8.24. The lowest BCUT2D eigenvalue weighted by Gasteiger charge is -2.33. The highest BCUT2D eigenvalue weighted by molar-refractivity contribution is 7.99. The van der Waals surface area contributed by atoms with E-state index in [2.05, 4.69) is 21.8 Å². The number of piperidine rings is 1. The minimum Gasteiger partial charge on any atom is -0.453 e. The van der Waals surface area contributed by atoms with Crippen molar-refractivity contribution in [2.45, 2.75) is 55.4 Å². The molecule has 4 aromatic rings. The number of hydrogen-bond acceptors (Lipinski definition) is 9. The molecule has 216 valence electrons. The number of pyridine rings is 1. The Morgan fingerprint density at radius 3 is 2.55 bits per heavy atom. The Morgan fingerprint density at radius 2 is 1.86 bits per heavy atom. The number of aromatic nitrogens is 2. The number of benzene rings is 2. The van der Waals surface area contributed by atoms with Gasteiger partial charge in [0.15, 0.2) is 16.7 Å². The molecule has 0 atom stereocenters. The topological polar surface area (TPSA) is 100 Å². The predicted octanol–water partition coefficient (Wildman–Crippen LogP) is 8.29. The summed E-state index contributed by atoms with van der Waals surface area (Å²) >= 11 is 3.09. The zero-order valence-corrected chi connectivity index (χ0v) is 25.5. The maximum absolute atomic E-state index is 12.4. The third-order valence-corrected chi connectivity index (χ3v) is 8.33. The van der Waals surface area contributed by atoms with E-state index < -0.39 is 5.60 Å². The van der Waals surface area contributed by atoms with Crippen molar-refractivity contribution in [2.24, 2.45) is 5.92 Å². The van der Waals surface area contributed by atoms with Crippen molar-refractivity contribution in [2.75, 3.05) is 18.4 Å². The summed E-state index contributed by atoms with van der Waals surface area (Å²) in [7, 11) is 0. The number of amides is 1. The normalized spacial score (nSPS) is 13.8. The Kier molecular flexibility index (Phi) is 9.30. The average molecular weight is 600 g/mol. The monoisotopic (exact) mass is 599 g/mol. The predicted molar refractivity (Wildman–Crippen MR) is 166 cm³/mol. The first kappa shape index (κ1) is 29.4. The van der Waals surface area contributed by atoms with Crippen LogP contribution in [-0.2, 0) is 11.2 Å². The molecule has 1 amide bonds. The number of likely N-dealkylation sites (tertiary alicyclic amines) is 1. The first-order chi connectivity index (χ1) is 20.2. The fraction of sp³-hybridized carbons (Fsp3) is 0.312. The van der Waals surface area contributed by atoms with Gasteiger partial charge in [0.05, 0.1) is 17.3 Å². The summed E-state index contributed by atoms with van der Waals surface area (Å²) < 4.78 is 11.8. The molecule has 42 heavy (non-hydrogen) atoms. The lowest BCUT2D eigenvalue weighted by molar-refractivity contribution is 0.0184. The van der Waals surface area contributed by atoms with E-state index in [0.29, 0.717) is 41.9 Å². The van der Waals surface area contributed by atoms with Crippen LogP contribution in [0.1, 0.15) is 44.9 Å². The third-order valence-electron chi connectivity index (χ3n) is 6.56. The highest BCUT2D eigenvalue weighted by Gasteiger charge is 2.27. The highest BCUT2D eigenvalue weighted by Crippen LogP contribution is 2.37. The van der Waals surface area contributed by atoms with Gasteiger partial charge in [-0.05, 0) is 82.3 Å². The zero-order valence-electron chi connectivity index (χ0n) is 23.9. The quantitative estimate of drug-likeness (QED) is 0.216. The van der Waals surface area contributed by atoms with Crippen LogP contribution in [0.15, 0.2) is 82.0 Å². The molecule has 8 nitrogen and oxygen atoms in total. The van der Waals surface area contributed by atoms with Crippen LogP contribution in [0.4, 0.5) is 15.7 Å². The van der Waals surface area contributed by atoms with E-state index in [1.54, 1.807) is 35.0 Å². The smallest absolute Gasteiger partial charge is 0.410 e. The van der Waals surface area contributed by atoms with E-state index in [1.807, 2.05) is 69.3 Å². The molecule has 2 aromatic heterocycles. The molecule has 1 aliphatic heterocycles. The fourth-order valence-electron chi connectivity index (χ4n) is 4.50. The van der Waals surface area contributed by atoms with Crippen LogP contribution in [0.2, 0.25) is 0 Å². The molecule has 3 heterocycles. The molecule has 1 saturated heterocycles. The fourth-order valence-corrected chi connectivity index (χ4v) is 6.04. The summed E-state index contributed by atoms with van der Waals surface area (Å²) in [6, 6.07) is 21.2. The van der Waals surface area contributed by atoms with E-state index in [9.17, 15) is 4.79 Å². The van der Waals surface area contributed by atoms with Crippen LogP contribution in [0.5, 0.6) is 11.5 Å². The standard InChI is InChI=1S/C32H33N5O3S2/c1-32(2,3)40-31(38)37-15-13-22(14-16-37)17-24-21-41-30(35-24)36-29-28(39-25-7-5-4-6-8-25)18-27(20-34-29)42-26-11-9-23(19-33)10-12-26/h4-12,18,20-22H,13-17H2,1-3H3,(H,34,35,36). The van der Waals surface area contributed by atoms with E-state index in [4.69, 9.17) is 19.7 Å². The van der Waals surface area contributed by atoms with E-state index >= 15 is 0 Å². The number of carbonyl (C=O) groups excluding carboxylic acids is 1. The van der Waals surface area contributed by atoms with Crippen molar-refractivity contribution >= 4 is 40.1 Å². The number of nitriles is 1. The van der Waals surface area contributed by atoms with Gasteiger partial charge in [-0.2, -0.15) is 5.26 Å². The first-order valence-corrected chi connectivity index (χ1v) is 15.5. The SMILES string of the molecule is CC(C)(C)OC(=O)N1CCC(Cc2csc(Nc3ncc(Sc4ccc(C#N)cc4)cc3Oc3ccccc3)n2)CC1. The molecule has 0 radical (unpaired) electrons. The number of hydrogen-bond donors (Lipinski definition) is 1. The average Bonchev–Trinajstić information content (AvgIpc) is 3.41. The molecule has 0 unspecified atom stereocenters. The van der Waals surface area contributed by atoms with E-state index in [1.165, 1.54) is 11.3 Å². The van der Waals surface area contributed by atoms with Gasteiger partial charge in [0.1, 0.15) is 11.4 Å². The van der Waals surface area contributed by atoms with E-state index in [0.717, 1.165) is 39.9 Å². The molecule has 0 saturated carbocycles. The van der Waals surface area contributed by atoms with Gasteiger partial charge in [0, 0.05) is 40.5 Å². The second kappa shape index (κ2) is 13.3. The van der Waals surface area contributed by atoms with Crippen LogP contribution in [0.3, 0.4) is 0 Å². The number of nitrogens with zero attached hydrogens (tertiary/aromatic N) is 4. The van der Waals surface area contributed by atoms with Gasteiger partial charge in [-0.25, -0.2) is 14.8 Å². The number of anilines is 2. The van der Waals surface area contributed by atoms with Crippen molar-refractivity contribution in [3.8, 4) is 17.6 Å². The Bertz CT molecular complexity index is 1540. The summed E-state index contributed by atoms with van der Waals surface area (Å²) in [6.45, 7) is 7.07. The Balaban J connectivity index is 1.24. The minimum atomic E-state index is -0.483. The largest absolute Gasteiger partial charge is 0.453 e. The van der Waals surface area contributed by atoms with Gasteiger partial charge < -0.3 is 19.7 Å². The number of carbonyl (C=O) groups is 1. The highest BCUT2D eigenvalue weighted by atomic mass is 32.2. The van der Waals surface area contributed by atoms with Gasteiger partial charge in [-0.1, -0.05) is 30.0 Å². The Morgan fingerprint density at radius 1 is 1.12 bits per heavy atom. The molecule has 10 heteroatoms. The molecule has 0 aliphatic carbocycles. The lowest BCUT2D eigenvalue weighted by Crippen LogP contribution is -2.42. The number of ether oxygens (including phenoxy) is 2. The second-order valence-corrected chi connectivity index (χ2v) is 13.1. The summed E-state index contributed by atoms with van der Waals surface area (Å²) in [5.74, 6) is 2.34. The van der Waals surface area contributed by atoms with Crippen molar-refractivity contribution < 1.29 is 14.3 Å². The maximum atomic E-state index is 12.4. The summed E-state index contributed by atoms with van der Waals surface area (Å²) in [5.41, 5.74) is 1.17. The van der Waals surface area contributed by atoms with Crippen LogP contribution in [0, 0.1) is 17.2 Å². The van der Waals surface area contributed by atoms with Crippen molar-refractivity contribution in [1.82, 2.24) is 14.9 Å². The molecule has 5 rings (SSSR count). The molecule has 1 fully saturated rings. The maximum Gasteiger partial charge on any atom is 0.410 e. The van der Waals surface area contributed by atoms with Crippen molar-refractivity contribution in [1.29, 1.82) is 5.26 Å². The van der Waals surface area contributed by atoms with Crippen LogP contribution in [0.25, 0.3) is 0 Å². The summed E-state index contributed by atoms with van der Waals surface area (Å²) in [4.78, 5) is 25.6. The van der Waals surface area contributed by atoms with Crippen molar-refractivity contribution in [3.05, 3.63) is 83.5 Å². The van der Waals surface area contributed by atoms with Gasteiger partial charge >= 0.3 is 6.09 Å². The number of nitrogens with one attached hydrogen (secondary N) is 1. The Hall–Kier alpha value is -4.07. The van der Waals surface area contributed by atoms with Gasteiger partial charge in [0.25, 0.3) is 0 Å². The Labute approximate surface area is 254 Å².